The Morgan fingerprint density at radius 3 is 2.36 bits per heavy atom. The Morgan fingerprint density at radius 2 is 1.86 bits per heavy atom. The van der Waals surface area contributed by atoms with Crippen molar-refractivity contribution in [2.24, 2.45) is 0 Å². The molecule has 2 heteroatoms. The third kappa shape index (κ3) is 2.28. The van der Waals surface area contributed by atoms with Gasteiger partial charge in [-0.1, -0.05) is 11.6 Å². The topological polar surface area (TPSA) is 12.0 Å². The van der Waals surface area contributed by atoms with E-state index in [0.717, 1.165) is 17.6 Å². The number of halogens is 1. The van der Waals surface area contributed by atoms with Crippen LogP contribution >= 0.6 is 11.6 Å². The minimum absolute atomic E-state index is 0.768. The molecule has 0 radical (unpaired) electrons. The van der Waals surface area contributed by atoms with Gasteiger partial charge in [0.25, 0.3) is 0 Å². The standard InChI is InChI=1S/C12H16ClN/c1-8-5-10(13)6-9(2)12(8)7-14-11-3-4-11/h5-6,11,14H,3-4,7H2,1-2H3. The summed E-state index contributed by atoms with van der Waals surface area (Å²) in [6.45, 7) is 5.24. The zero-order valence-electron chi connectivity index (χ0n) is 8.73. The van der Waals surface area contributed by atoms with Gasteiger partial charge in [-0.3, -0.25) is 0 Å². The predicted octanol–water partition coefficient (Wildman–Crippen LogP) is 3.21. The summed E-state index contributed by atoms with van der Waals surface area (Å²) in [5.74, 6) is 0. The first-order valence-corrected chi connectivity index (χ1v) is 5.53. The van der Waals surface area contributed by atoms with E-state index < -0.39 is 0 Å². The Labute approximate surface area is 90.5 Å². The summed E-state index contributed by atoms with van der Waals surface area (Å²) < 4.78 is 0. The van der Waals surface area contributed by atoms with E-state index in [1.165, 1.54) is 29.5 Å². The van der Waals surface area contributed by atoms with Crippen LogP contribution in [-0.4, -0.2) is 6.04 Å². The normalized spacial score (nSPS) is 15.9. The summed E-state index contributed by atoms with van der Waals surface area (Å²) in [5, 5.41) is 4.37. The number of benzene rings is 1. The highest BCUT2D eigenvalue weighted by molar-refractivity contribution is 6.30. The fourth-order valence-electron chi connectivity index (χ4n) is 1.75. The van der Waals surface area contributed by atoms with Gasteiger partial charge in [0.15, 0.2) is 0 Å². The van der Waals surface area contributed by atoms with Gasteiger partial charge in [0.05, 0.1) is 0 Å². The molecule has 1 fully saturated rings. The number of nitrogens with one attached hydrogen (secondary N) is 1. The van der Waals surface area contributed by atoms with Gasteiger partial charge in [-0.15, -0.1) is 0 Å². The lowest BCUT2D eigenvalue weighted by molar-refractivity contribution is 0.682. The molecular weight excluding hydrogens is 194 g/mol. The Hall–Kier alpha value is -0.530. The highest BCUT2D eigenvalue weighted by atomic mass is 35.5. The van der Waals surface area contributed by atoms with Gasteiger partial charge in [0.1, 0.15) is 0 Å². The lowest BCUT2D eigenvalue weighted by Crippen LogP contribution is -2.16. The number of hydrogen-bond acceptors (Lipinski definition) is 1. The Kier molecular flexibility index (Phi) is 2.80. The highest BCUT2D eigenvalue weighted by Crippen LogP contribution is 2.23. The van der Waals surface area contributed by atoms with Crippen LogP contribution in [0.15, 0.2) is 12.1 Å². The Bertz CT molecular complexity index is 319. The molecule has 0 spiro atoms. The molecule has 0 aromatic heterocycles. The van der Waals surface area contributed by atoms with Crippen molar-refractivity contribution < 1.29 is 0 Å². The second-order valence-electron chi connectivity index (χ2n) is 4.17. The number of aryl methyl sites for hydroxylation is 2. The number of hydrogen-bond donors (Lipinski definition) is 1. The predicted molar refractivity (Wildman–Crippen MR) is 60.8 cm³/mol. The maximum Gasteiger partial charge on any atom is 0.0411 e. The molecule has 2 rings (SSSR count). The molecule has 0 amide bonds. The van der Waals surface area contributed by atoms with E-state index in [-0.39, 0.29) is 0 Å². The van der Waals surface area contributed by atoms with Crippen LogP contribution in [0.4, 0.5) is 0 Å². The summed E-state index contributed by atoms with van der Waals surface area (Å²) in [4.78, 5) is 0. The molecule has 1 N–H and O–H groups in total. The molecule has 14 heavy (non-hydrogen) atoms. The quantitative estimate of drug-likeness (QED) is 0.806. The third-order valence-electron chi connectivity index (χ3n) is 2.81. The van der Waals surface area contributed by atoms with Crippen LogP contribution < -0.4 is 5.32 Å². The van der Waals surface area contributed by atoms with Gasteiger partial charge in [0, 0.05) is 17.6 Å². The van der Waals surface area contributed by atoms with Crippen molar-refractivity contribution in [3.63, 3.8) is 0 Å². The molecule has 1 aliphatic carbocycles. The Morgan fingerprint density at radius 1 is 1.29 bits per heavy atom. The van der Waals surface area contributed by atoms with E-state index in [1.54, 1.807) is 0 Å². The Balaban J connectivity index is 2.13. The van der Waals surface area contributed by atoms with Crippen molar-refractivity contribution in [2.45, 2.75) is 39.3 Å². The molecule has 1 aromatic carbocycles. The van der Waals surface area contributed by atoms with E-state index in [0.29, 0.717) is 0 Å². The van der Waals surface area contributed by atoms with E-state index in [4.69, 9.17) is 11.6 Å². The summed E-state index contributed by atoms with van der Waals surface area (Å²) >= 11 is 5.98. The van der Waals surface area contributed by atoms with Crippen LogP contribution in [-0.2, 0) is 6.54 Å². The van der Waals surface area contributed by atoms with E-state index in [9.17, 15) is 0 Å². The van der Waals surface area contributed by atoms with E-state index in [1.807, 2.05) is 12.1 Å². The summed E-state index contributed by atoms with van der Waals surface area (Å²) in [6.07, 6.45) is 2.68. The van der Waals surface area contributed by atoms with E-state index in [2.05, 4.69) is 19.2 Å². The molecule has 1 aliphatic rings. The summed E-state index contributed by atoms with van der Waals surface area (Å²) in [6, 6.07) is 4.85. The van der Waals surface area contributed by atoms with Crippen molar-refractivity contribution in [2.75, 3.05) is 0 Å². The highest BCUT2D eigenvalue weighted by Gasteiger charge is 2.20. The largest absolute Gasteiger partial charge is 0.310 e. The van der Waals surface area contributed by atoms with Crippen molar-refractivity contribution >= 4 is 11.6 Å². The van der Waals surface area contributed by atoms with Gasteiger partial charge >= 0.3 is 0 Å². The third-order valence-corrected chi connectivity index (χ3v) is 3.02. The SMILES string of the molecule is Cc1cc(Cl)cc(C)c1CNC1CC1. The molecule has 1 aromatic rings. The molecule has 0 bridgehead atoms. The first kappa shape index (κ1) is 10.0. The average Bonchev–Trinajstić information content (AvgIpc) is 2.85. The van der Waals surface area contributed by atoms with Crippen LogP contribution in [0.1, 0.15) is 29.5 Å². The fourth-order valence-corrected chi connectivity index (χ4v) is 2.08. The second kappa shape index (κ2) is 3.92. The molecule has 0 atom stereocenters. The minimum Gasteiger partial charge on any atom is -0.310 e. The zero-order valence-corrected chi connectivity index (χ0v) is 9.49. The molecule has 0 heterocycles. The van der Waals surface area contributed by atoms with Gasteiger partial charge in [-0.2, -0.15) is 0 Å². The van der Waals surface area contributed by atoms with Gasteiger partial charge in [-0.05, 0) is 55.5 Å². The van der Waals surface area contributed by atoms with Gasteiger partial charge < -0.3 is 5.32 Å². The van der Waals surface area contributed by atoms with Gasteiger partial charge in [0.2, 0.25) is 0 Å². The fraction of sp³-hybridized carbons (Fsp3) is 0.500. The summed E-state index contributed by atoms with van der Waals surface area (Å²) in [5.41, 5.74) is 3.99. The lowest BCUT2D eigenvalue weighted by Gasteiger charge is -2.11. The van der Waals surface area contributed by atoms with E-state index >= 15 is 0 Å². The number of rotatable bonds is 3. The molecule has 76 valence electrons. The van der Waals surface area contributed by atoms with Gasteiger partial charge in [-0.25, -0.2) is 0 Å². The van der Waals surface area contributed by atoms with Crippen molar-refractivity contribution in [1.82, 2.24) is 5.32 Å². The molecule has 1 nitrogen and oxygen atoms in total. The van der Waals surface area contributed by atoms with Crippen molar-refractivity contribution in [3.8, 4) is 0 Å². The zero-order chi connectivity index (χ0) is 10.1. The molecule has 0 saturated heterocycles. The van der Waals surface area contributed by atoms with Crippen LogP contribution in [0, 0.1) is 13.8 Å². The average molecular weight is 210 g/mol. The minimum atomic E-state index is 0.768. The maximum absolute atomic E-state index is 5.98. The first-order chi connectivity index (χ1) is 6.66. The van der Waals surface area contributed by atoms with Crippen LogP contribution in [0.25, 0.3) is 0 Å². The van der Waals surface area contributed by atoms with Crippen LogP contribution in [0.2, 0.25) is 5.02 Å². The molecule has 0 aliphatic heterocycles. The monoisotopic (exact) mass is 209 g/mol. The summed E-state index contributed by atoms with van der Waals surface area (Å²) in [7, 11) is 0. The lowest BCUT2D eigenvalue weighted by atomic mass is 10.0. The first-order valence-electron chi connectivity index (χ1n) is 5.16. The molecular formula is C12H16ClN. The van der Waals surface area contributed by atoms with Crippen LogP contribution in [0.3, 0.4) is 0 Å². The second-order valence-corrected chi connectivity index (χ2v) is 4.61. The molecule has 0 unspecified atom stereocenters. The van der Waals surface area contributed by atoms with Crippen molar-refractivity contribution in [1.29, 1.82) is 0 Å². The van der Waals surface area contributed by atoms with Crippen LogP contribution in [0.5, 0.6) is 0 Å². The maximum atomic E-state index is 5.98. The molecule has 1 saturated carbocycles. The van der Waals surface area contributed by atoms with Crippen molar-refractivity contribution in [3.05, 3.63) is 33.8 Å². The smallest absolute Gasteiger partial charge is 0.0411 e.